The molecule has 0 aliphatic heterocycles. The third-order valence-electron chi connectivity index (χ3n) is 9.41. The Kier molecular flexibility index (Phi) is 36.4. The lowest BCUT2D eigenvalue weighted by Crippen LogP contribution is -2.50. The second-order valence-corrected chi connectivity index (χ2v) is 15.6. The summed E-state index contributed by atoms with van der Waals surface area (Å²) in [6.07, 6.45) is 48.0. The van der Waals surface area contributed by atoms with Crippen LogP contribution >= 0.6 is 0 Å². The molecule has 56 heavy (non-hydrogen) atoms. The van der Waals surface area contributed by atoms with Gasteiger partial charge in [0.15, 0.2) is 12.1 Å². The van der Waals surface area contributed by atoms with E-state index in [1.165, 1.54) is 38.5 Å². The molecule has 0 spiro atoms. The Morgan fingerprint density at radius 1 is 0.554 bits per heavy atom. The number of carbonyl (C=O) groups excluding carboxylic acids is 2. The van der Waals surface area contributed by atoms with Crippen molar-refractivity contribution in [3.05, 3.63) is 72.9 Å². The van der Waals surface area contributed by atoms with Gasteiger partial charge < -0.3 is 23.8 Å². The van der Waals surface area contributed by atoms with Gasteiger partial charge in [0.05, 0.1) is 34.4 Å². The maximum Gasteiger partial charge on any atom is 0.362 e. The maximum atomic E-state index is 12.7. The highest BCUT2D eigenvalue weighted by atomic mass is 16.6. The Hall–Kier alpha value is -3.23. The van der Waals surface area contributed by atoms with Crippen LogP contribution in [0.4, 0.5) is 0 Å². The normalized spacial score (nSPS) is 13.7. The predicted octanol–water partition coefficient (Wildman–Crippen LogP) is 12.0. The summed E-state index contributed by atoms with van der Waals surface area (Å²) in [5.41, 5.74) is 0. The fourth-order valence-corrected chi connectivity index (χ4v) is 6.05. The lowest BCUT2D eigenvalue weighted by Gasteiger charge is -2.31. The number of carbonyl (C=O) groups is 3. The average molecular weight is 785 g/mol. The SMILES string of the molecule is CC/C=C/C=C/C=C/CCCCCCCC(=O)OCC(COCCC(C(=O)O)[N+](C)(C)C)OC(=O)CCCCCCCCCCC/C=C/C/C=C/C/C=C/CC. The minimum Gasteiger partial charge on any atom is -0.477 e. The molecule has 0 aromatic carbocycles. The molecule has 0 bridgehead atoms. The van der Waals surface area contributed by atoms with Crippen LogP contribution in [-0.2, 0) is 28.6 Å². The van der Waals surface area contributed by atoms with Crippen LogP contribution in [0.3, 0.4) is 0 Å². The van der Waals surface area contributed by atoms with E-state index in [1.807, 2.05) is 27.2 Å². The minimum atomic E-state index is -0.882. The molecule has 0 rings (SSSR count). The van der Waals surface area contributed by atoms with E-state index in [0.717, 1.165) is 89.9 Å². The molecule has 0 aliphatic rings. The molecular formula is C48H82NO7+. The summed E-state index contributed by atoms with van der Waals surface area (Å²) < 4.78 is 17.2. The highest BCUT2D eigenvalue weighted by Crippen LogP contribution is 2.14. The summed E-state index contributed by atoms with van der Waals surface area (Å²) in [6.45, 7) is 4.45. The second kappa shape index (κ2) is 38.6. The van der Waals surface area contributed by atoms with Crippen LogP contribution in [-0.4, -0.2) is 80.6 Å². The molecule has 0 heterocycles. The van der Waals surface area contributed by atoms with E-state index in [0.29, 0.717) is 19.3 Å². The summed E-state index contributed by atoms with van der Waals surface area (Å²) in [5.74, 6) is -1.51. The van der Waals surface area contributed by atoms with Crippen molar-refractivity contribution in [3.63, 3.8) is 0 Å². The smallest absolute Gasteiger partial charge is 0.362 e. The van der Waals surface area contributed by atoms with E-state index >= 15 is 0 Å². The number of esters is 2. The third kappa shape index (κ3) is 36.4. The van der Waals surface area contributed by atoms with Gasteiger partial charge in [0.25, 0.3) is 0 Å². The van der Waals surface area contributed by atoms with Crippen molar-refractivity contribution >= 4 is 17.9 Å². The van der Waals surface area contributed by atoms with Crippen LogP contribution in [0.1, 0.15) is 162 Å². The van der Waals surface area contributed by atoms with Crippen molar-refractivity contribution < 1.29 is 38.2 Å². The van der Waals surface area contributed by atoms with Crippen molar-refractivity contribution in [3.8, 4) is 0 Å². The molecule has 0 radical (unpaired) electrons. The monoisotopic (exact) mass is 785 g/mol. The van der Waals surface area contributed by atoms with Crippen molar-refractivity contribution in [1.29, 1.82) is 0 Å². The minimum absolute atomic E-state index is 0.0486. The summed E-state index contributed by atoms with van der Waals surface area (Å²) in [4.78, 5) is 37.0. The molecule has 2 unspecified atom stereocenters. The molecule has 0 saturated heterocycles. The Balaban J connectivity index is 4.36. The molecule has 0 aromatic rings. The van der Waals surface area contributed by atoms with Gasteiger partial charge in [-0.15, -0.1) is 0 Å². The largest absolute Gasteiger partial charge is 0.477 e. The number of unbranched alkanes of at least 4 members (excludes halogenated alkanes) is 14. The van der Waals surface area contributed by atoms with Crippen LogP contribution in [0.15, 0.2) is 72.9 Å². The number of likely N-dealkylation sites (N-methyl/N-ethyl adjacent to an activating group) is 1. The van der Waals surface area contributed by atoms with Crippen LogP contribution in [0, 0.1) is 0 Å². The molecular weight excluding hydrogens is 703 g/mol. The van der Waals surface area contributed by atoms with E-state index in [9.17, 15) is 19.5 Å². The second-order valence-electron chi connectivity index (χ2n) is 15.6. The number of carboxylic acids is 1. The van der Waals surface area contributed by atoms with Gasteiger partial charge in [-0.05, 0) is 64.2 Å². The number of aliphatic carboxylic acids is 1. The van der Waals surface area contributed by atoms with Gasteiger partial charge in [0.2, 0.25) is 0 Å². The first-order valence-corrected chi connectivity index (χ1v) is 22.0. The van der Waals surface area contributed by atoms with Crippen LogP contribution in [0.25, 0.3) is 0 Å². The average Bonchev–Trinajstić information content (AvgIpc) is 3.15. The van der Waals surface area contributed by atoms with Crippen LogP contribution in [0.2, 0.25) is 0 Å². The number of nitrogens with zero attached hydrogens (tertiary/aromatic N) is 1. The lowest BCUT2D eigenvalue weighted by atomic mass is 10.1. The number of rotatable bonds is 38. The zero-order valence-electron chi connectivity index (χ0n) is 36.3. The Bertz CT molecular complexity index is 1140. The molecule has 1 N–H and O–H groups in total. The molecule has 8 heteroatoms. The van der Waals surface area contributed by atoms with E-state index in [1.54, 1.807) is 0 Å². The number of hydrogen-bond donors (Lipinski definition) is 1. The summed E-state index contributed by atoms with van der Waals surface area (Å²) in [6, 6.07) is -0.622. The van der Waals surface area contributed by atoms with Crippen LogP contribution in [0.5, 0.6) is 0 Å². The first-order chi connectivity index (χ1) is 27.1. The Morgan fingerprint density at radius 3 is 1.59 bits per heavy atom. The Morgan fingerprint density at radius 2 is 1.04 bits per heavy atom. The standard InChI is InChI=1S/C48H81NO7/c1-6-8-10-12-14-16-18-20-21-22-23-24-25-27-29-31-33-35-37-39-47(51)56-44(42-54-41-40-45(48(52)53)49(3,4)5)43-55-46(50)38-36-34-32-30-28-26-19-17-15-13-11-9-7-2/h8-11,13-17,19-21,44-45H,6-7,12,18,22-43H2,1-5H3/p+1/b10-8+,11-9+,15-13+,16-14+,19-17+,21-20+. The van der Waals surface area contributed by atoms with Crippen molar-refractivity contribution in [2.45, 2.75) is 174 Å². The number of ether oxygens (including phenoxy) is 3. The topological polar surface area (TPSA) is 99.1 Å². The fraction of sp³-hybridized carbons (Fsp3) is 0.688. The van der Waals surface area contributed by atoms with Gasteiger partial charge in [-0.2, -0.15) is 0 Å². The molecule has 8 nitrogen and oxygen atoms in total. The highest BCUT2D eigenvalue weighted by Gasteiger charge is 2.31. The zero-order valence-corrected chi connectivity index (χ0v) is 36.3. The number of quaternary nitrogens is 1. The number of carboxylic acid groups (broad SMARTS) is 1. The van der Waals surface area contributed by atoms with Gasteiger partial charge >= 0.3 is 17.9 Å². The zero-order chi connectivity index (χ0) is 41.4. The van der Waals surface area contributed by atoms with Crippen LogP contribution < -0.4 is 0 Å². The molecule has 2 atom stereocenters. The molecule has 0 aliphatic carbocycles. The van der Waals surface area contributed by atoms with E-state index in [2.05, 4.69) is 80.7 Å². The molecule has 0 aromatic heterocycles. The Labute approximate surface area is 342 Å². The quantitative estimate of drug-likeness (QED) is 0.0219. The third-order valence-corrected chi connectivity index (χ3v) is 9.41. The lowest BCUT2D eigenvalue weighted by molar-refractivity contribution is -0.887. The maximum absolute atomic E-state index is 12.7. The van der Waals surface area contributed by atoms with Gasteiger partial charge in [-0.3, -0.25) is 9.59 Å². The van der Waals surface area contributed by atoms with E-state index in [-0.39, 0.29) is 36.2 Å². The fourth-order valence-electron chi connectivity index (χ4n) is 6.05. The molecule has 0 fully saturated rings. The highest BCUT2D eigenvalue weighted by molar-refractivity contribution is 5.72. The molecule has 0 amide bonds. The predicted molar refractivity (Wildman–Crippen MR) is 233 cm³/mol. The summed E-state index contributed by atoms with van der Waals surface area (Å²) >= 11 is 0. The summed E-state index contributed by atoms with van der Waals surface area (Å²) in [5, 5.41) is 9.62. The van der Waals surface area contributed by atoms with Gasteiger partial charge in [-0.1, -0.05) is 151 Å². The van der Waals surface area contributed by atoms with Crippen molar-refractivity contribution in [2.24, 2.45) is 0 Å². The van der Waals surface area contributed by atoms with Crippen molar-refractivity contribution in [1.82, 2.24) is 0 Å². The molecule has 320 valence electrons. The van der Waals surface area contributed by atoms with Crippen molar-refractivity contribution in [2.75, 3.05) is 41.0 Å². The first kappa shape index (κ1) is 52.8. The number of allylic oxidation sites excluding steroid dienone is 12. The first-order valence-electron chi connectivity index (χ1n) is 22.0. The van der Waals surface area contributed by atoms with E-state index < -0.39 is 18.1 Å². The van der Waals surface area contributed by atoms with E-state index in [4.69, 9.17) is 14.2 Å². The molecule has 0 saturated carbocycles. The van der Waals surface area contributed by atoms with Gasteiger partial charge in [-0.25, -0.2) is 4.79 Å². The summed E-state index contributed by atoms with van der Waals surface area (Å²) in [7, 11) is 5.51. The number of hydrogen-bond acceptors (Lipinski definition) is 6. The van der Waals surface area contributed by atoms with Gasteiger partial charge in [0, 0.05) is 19.3 Å². The van der Waals surface area contributed by atoms with Gasteiger partial charge in [0.1, 0.15) is 6.61 Å².